The van der Waals surface area contributed by atoms with E-state index in [2.05, 4.69) is 58.4 Å². The Morgan fingerprint density at radius 1 is 0.973 bits per heavy atom. The Labute approximate surface area is 223 Å². The lowest BCUT2D eigenvalue weighted by molar-refractivity contribution is 0.370. The number of nitrogens with one attached hydrogen (secondary N) is 5. The van der Waals surface area contributed by atoms with Crippen LogP contribution in [0.4, 0.5) is 11.8 Å². The Hall–Kier alpha value is -2.41. The van der Waals surface area contributed by atoms with Gasteiger partial charge in [0.15, 0.2) is 5.82 Å². The van der Waals surface area contributed by atoms with E-state index in [4.69, 9.17) is 4.98 Å². The van der Waals surface area contributed by atoms with E-state index < -0.39 is 0 Å². The maximum Gasteiger partial charge on any atom is 0.226 e. The zero-order valence-electron chi connectivity index (χ0n) is 21.7. The number of piperidine rings is 1. The van der Waals surface area contributed by atoms with Crippen molar-refractivity contribution in [1.29, 1.82) is 0 Å². The molecule has 3 aromatic heterocycles. The van der Waals surface area contributed by atoms with Crippen molar-refractivity contribution >= 4 is 33.3 Å². The first-order valence-corrected chi connectivity index (χ1v) is 14.9. The highest BCUT2D eigenvalue weighted by Crippen LogP contribution is 2.28. The predicted molar refractivity (Wildman–Crippen MR) is 149 cm³/mol. The van der Waals surface area contributed by atoms with Crippen LogP contribution in [0.3, 0.4) is 0 Å². The molecule has 1 saturated carbocycles. The molecule has 1 aliphatic carbocycles. The molecule has 0 amide bonds. The fourth-order valence-corrected chi connectivity index (χ4v) is 5.86. The Morgan fingerprint density at radius 2 is 1.84 bits per heavy atom. The van der Waals surface area contributed by atoms with E-state index in [9.17, 15) is 0 Å². The first-order chi connectivity index (χ1) is 18.3. The maximum atomic E-state index is 4.76. The van der Waals surface area contributed by atoms with E-state index in [1.807, 2.05) is 0 Å². The van der Waals surface area contributed by atoms with Crippen molar-refractivity contribution in [2.75, 3.05) is 43.4 Å². The molecule has 0 atom stereocenters. The molecule has 3 aromatic rings. The molecule has 1 saturated heterocycles. The summed E-state index contributed by atoms with van der Waals surface area (Å²) >= 11 is 1.63. The van der Waals surface area contributed by atoms with Crippen molar-refractivity contribution in [1.82, 2.24) is 46.1 Å². The highest BCUT2D eigenvalue weighted by molar-refractivity contribution is 7.16. The summed E-state index contributed by atoms with van der Waals surface area (Å²) in [6.45, 7) is 6.38. The van der Waals surface area contributed by atoms with Crippen molar-refractivity contribution < 1.29 is 0 Å². The Morgan fingerprint density at radius 3 is 2.73 bits per heavy atom. The van der Waals surface area contributed by atoms with Crippen molar-refractivity contribution in [2.45, 2.75) is 83.0 Å². The molecule has 5 N–H and O–H groups in total. The number of hydrogen-bond donors (Lipinski definition) is 5. The van der Waals surface area contributed by atoms with Crippen molar-refractivity contribution in [3.8, 4) is 0 Å². The summed E-state index contributed by atoms with van der Waals surface area (Å²) < 4.78 is 0. The molecule has 37 heavy (non-hydrogen) atoms. The first kappa shape index (κ1) is 26.2. The average molecular weight is 528 g/mol. The third-order valence-electron chi connectivity index (χ3n) is 7.18. The summed E-state index contributed by atoms with van der Waals surface area (Å²) in [6.07, 6.45) is 11.2. The molecule has 0 radical (unpaired) electrons. The fraction of sp³-hybridized carbons (Fsp3) is 0.720. The van der Waals surface area contributed by atoms with Gasteiger partial charge in [0.2, 0.25) is 5.95 Å². The minimum absolute atomic E-state index is 0.432. The SMILES string of the molecule is c1cc2c(NC3CCNCC3)nc(NCc3nnn(CCCNCCCNC4CCCCC4)n3)nc2s1. The normalized spacial score (nSPS) is 17.4. The highest BCUT2D eigenvalue weighted by atomic mass is 32.1. The molecule has 4 heterocycles. The molecule has 0 spiro atoms. The van der Waals surface area contributed by atoms with E-state index in [1.165, 1.54) is 38.5 Å². The smallest absolute Gasteiger partial charge is 0.226 e. The molecular weight excluding hydrogens is 486 g/mol. The zero-order valence-corrected chi connectivity index (χ0v) is 22.5. The van der Waals surface area contributed by atoms with Crippen LogP contribution in [0.1, 0.15) is 63.6 Å². The summed E-state index contributed by atoms with van der Waals surface area (Å²) in [6, 6.07) is 3.27. The largest absolute Gasteiger partial charge is 0.367 e. The number of rotatable bonds is 14. The summed E-state index contributed by atoms with van der Waals surface area (Å²) in [7, 11) is 0. The molecule has 1 aliphatic heterocycles. The number of thiophene rings is 1. The molecule has 2 aliphatic rings. The highest BCUT2D eigenvalue weighted by Gasteiger charge is 2.17. The monoisotopic (exact) mass is 527 g/mol. The van der Waals surface area contributed by atoms with Gasteiger partial charge in [-0.2, -0.15) is 9.78 Å². The fourth-order valence-electron chi connectivity index (χ4n) is 5.10. The van der Waals surface area contributed by atoms with Gasteiger partial charge < -0.3 is 26.6 Å². The third kappa shape index (κ3) is 8.03. The summed E-state index contributed by atoms with van der Waals surface area (Å²) in [5.74, 6) is 2.13. The van der Waals surface area contributed by atoms with Crippen LogP contribution in [0.5, 0.6) is 0 Å². The first-order valence-electron chi connectivity index (χ1n) is 14.0. The number of anilines is 2. The number of hydrogen-bond acceptors (Lipinski definition) is 11. The van der Waals surface area contributed by atoms with Crippen LogP contribution in [0.25, 0.3) is 10.2 Å². The van der Waals surface area contributed by atoms with Gasteiger partial charge in [-0.05, 0) is 87.9 Å². The molecule has 2 fully saturated rings. The molecule has 0 unspecified atom stereocenters. The minimum Gasteiger partial charge on any atom is -0.367 e. The maximum absolute atomic E-state index is 4.76. The van der Waals surface area contributed by atoms with Crippen LogP contribution in [0, 0.1) is 0 Å². The Balaban J connectivity index is 1.01. The molecule has 12 heteroatoms. The molecule has 0 bridgehead atoms. The zero-order chi connectivity index (χ0) is 25.1. The molecular formula is C25H41N11S. The lowest BCUT2D eigenvalue weighted by Gasteiger charge is -2.24. The summed E-state index contributed by atoms with van der Waals surface area (Å²) in [4.78, 5) is 12.1. The standard InChI is InChI=1S/C25H41N11S/c1-2-6-19(7-3-1)28-13-4-11-26-12-5-16-36-34-22(33-35-36)18-29-25-31-23(21-10-17-37-24(21)32-25)30-20-8-14-27-15-9-20/h10,17,19-20,26-28H,1-9,11-16,18H2,(H2,29,30,31,32). The molecule has 0 aromatic carbocycles. The topological polar surface area (TPSA) is 130 Å². The second kappa shape index (κ2) is 13.9. The van der Waals surface area contributed by atoms with E-state index in [0.29, 0.717) is 24.4 Å². The van der Waals surface area contributed by atoms with Gasteiger partial charge in [0, 0.05) is 12.1 Å². The van der Waals surface area contributed by atoms with Gasteiger partial charge in [-0.1, -0.05) is 19.3 Å². The minimum atomic E-state index is 0.432. The molecule has 202 valence electrons. The Bertz CT molecular complexity index is 1070. The van der Waals surface area contributed by atoms with Crippen molar-refractivity contribution in [3.05, 3.63) is 17.3 Å². The van der Waals surface area contributed by atoms with Crippen LogP contribution in [-0.2, 0) is 13.1 Å². The second-order valence-corrected chi connectivity index (χ2v) is 11.0. The van der Waals surface area contributed by atoms with Gasteiger partial charge in [0.1, 0.15) is 10.6 Å². The van der Waals surface area contributed by atoms with Crippen LogP contribution in [0.2, 0.25) is 0 Å². The van der Waals surface area contributed by atoms with E-state index in [0.717, 1.165) is 80.6 Å². The van der Waals surface area contributed by atoms with Gasteiger partial charge in [0.25, 0.3) is 0 Å². The lowest BCUT2D eigenvalue weighted by Crippen LogP contribution is -2.35. The van der Waals surface area contributed by atoms with Gasteiger partial charge in [-0.25, -0.2) is 4.98 Å². The average Bonchev–Trinajstić information content (AvgIpc) is 3.60. The number of aryl methyl sites for hydroxylation is 1. The summed E-state index contributed by atoms with van der Waals surface area (Å²) in [5, 5.41) is 33.6. The van der Waals surface area contributed by atoms with Gasteiger partial charge >= 0.3 is 0 Å². The van der Waals surface area contributed by atoms with Crippen LogP contribution >= 0.6 is 11.3 Å². The van der Waals surface area contributed by atoms with Gasteiger partial charge in [-0.3, -0.25) is 0 Å². The van der Waals surface area contributed by atoms with E-state index in [1.54, 1.807) is 16.1 Å². The van der Waals surface area contributed by atoms with Gasteiger partial charge in [-0.15, -0.1) is 21.5 Å². The van der Waals surface area contributed by atoms with Crippen molar-refractivity contribution in [3.63, 3.8) is 0 Å². The summed E-state index contributed by atoms with van der Waals surface area (Å²) in [5.41, 5.74) is 0. The van der Waals surface area contributed by atoms with E-state index >= 15 is 0 Å². The van der Waals surface area contributed by atoms with Crippen LogP contribution < -0.4 is 26.6 Å². The molecule has 5 rings (SSSR count). The number of fused-ring (bicyclic) bond motifs is 1. The predicted octanol–water partition coefficient (Wildman–Crippen LogP) is 2.75. The van der Waals surface area contributed by atoms with Crippen LogP contribution in [-0.4, -0.2) is 75.0 Å². The number of nitrogens with zero attached hydrogens (tertiary/aromatic N) is 6. The van der Waals surface area contributed by atoms with Crippen LogP contribution in [0.15, 0.2) is 11.4 Å². The van der Waals surface area contributed by atoms with Gasteiger partial charge in [0.05, 0.1) is 18.5 Å². The second-order valence-electron chi connectivity index (χ2n) is 10.1. The van der Waals surface area contributed by atoms with E-state index in [-0.39, 0.29) is 0 Å². The number of aromatic nitrogens is 6. The molecule has 11 nitrogen and oxygen atoms in total. The third-order valence-corrected chi connectivity index (χ3v) is 7.99. The Kier molecular flexibility index (Phi) is 9.87. The number of tetrazole rings is 1. The lowest BCUT2D eigenvalue weighted by atomic mass is 9.95. The van der Waals surface area contributed by atoms with Crippen molar-refractivity contribution in [2.24, 2.45) is 0 Å². The quantitative estimate of drug-likeness (QED) is 0.200.